The zero-order valence-electron chi connectivity index (χ0n) is 10.3. The maximum Gasteiger partial charge on any atom is 0.167 e. The summed E-state index contributed by atoms with van der Waals surface area (Å²) in [5, 5.41) is 19.4. The van der Waals surface area contributed by atoms with Crippen molar-refractivity contribution in [2.45, 2.75) is 37.9 Å². The molecule has 0 spiro atoms. The van der Waals surface area contributed by atoms with Crippen molar-refractivity contribution in [1.82, 2.24) is 19.5 Å². The fourth-order valence-electron chi connectivity index (χ4n) is 2.36. The van der Waals surface area contributed by atoms with Gasteiger partial charge in [-0.3, -0.25) is 4.57 Å². The molecule has 102 valence electrons. The average molecular weight is 265 g/mol. The minimum Gasteiger partial charge on any atom is -0.391 e. The third-order valence-corrected chi connectivity index (χ3v) is 3.31. The van der Waals surface area contributed by atoms with Gasteiger partial charge in [0.05, 0.1) is 18.5 Å². The molecule has 0 unspecified atom stereocenters. The summed E-state index contributed by atoms with van der Waals surface area (Å²) < 4.78 is 7.34. The van der Waals surface area contributed by atoms with E-state index < -0.39 is 24.5 Å². The Hall–Kier alpha value is -1.77. The Labute approximate surface area is 108 Å². The molecule has 1 aliphatic rings. The average Bonchev–Trinajstić information content (AvgIpc) is 2.93. The Bertz CT molecular complexity index is 599. The van der Waals surface area contributed by atoms with Gasteiger partial charge in [-0.05, 0) is 6.92 Å². The number of nitrogens with zero attached hydrogens (tertiary/aromatic N) is 4. The number of nitrogens with two attached hydrogens (primary N) is 1. The number of ether oxygens (including phenoxy) is 1. The number of nitrogen functional groups attached to an aromatic ring is 1. The number of imidazole rings is 1. The third kappa shape index (κ3) is 1.93. The van der Waals surface area contributed by atoms with Crippen LogP contribution in [0, 0.1) is 0 Å². The highest BCUT2D eigenvalue weighted by Crippen LogP contribution is 2.32. The number of aromatic nitrogens is 4. The maximum absolute atomic E-state index is 9.88. The minimum atomic E-state index is -0.741. The van der Waals surface area contributed by atoms with Crippen LogP contribution >= 0.6 is 0 Å². The molecule has 8 nitrogen and oxygen atoms in total. The van der Waals surface area contributed by atoms with Crippen molar-refractivity contribution in [2.75, 3.05) is 5.73 Å². The fraction of sp³-hybridized carbons (Fsp3) is 0.545. The molecule has 4 atom stereocenters. The van der Waals surface area contributed by atoms with E-state index in [0.29, 0.717) is 23.4 Å². The van der Waals surface area contributed by atoms with Crippen LogP contribution in [0.25, 0.3) is 11.2 Å². The Morgan fingerprint density at radius 2 is 2.26 bits per heavy atom. The van der Waals surface area contributed by atoms with Crippen molar-refractivity contribution in [3.63, 3.8) is 0 Å². The SMILES string of the molecule is C[C@@H](O)[C@H]1O[C@@H](n2cnc3c(N)ncnc32)C[C@@H]1O. The highest BCUT2D eigenvalue weighted by atomic mass is 16.5. The van der Waals surface area contributed by atoms with E-state index in [0.717, 1.165) is 0 Å². The molecular weight excluding hydrogens is 250 g/mol. The van der Waals surface area contributed by atoms with Crippen LogP contribution in [-0.2, 0) is 4.74 Å². The quantitative estimate of drug-likeness (QED) is 0.665. The van der Waals surface area contributed by atoms with Gasteiger partial charge in [0.1, 0.15) is 24.2 Å². The van der Waals surface area contributed by atoms with Crippen LogP contribution < -0.4 is 5.73 Å². The number of aliphatic hydroxyl groups is 2. The summed E-state index contributed by atoms with van der Waals surface area (Å²) in [4.78, 5) is 12.1. The van der Waals surface area contributed by atoms with Crippen LogP contribution in [0.2, 0.25) is 0 Å². The first-order valence-electron chi connectivity index (χ1n) is 6.02. The summed E-state index contributed by atoms with van der Waals surface area (Å²) in [5.41, 5.74) is 6.77. The summed E-state index contributed by atoms with van der Waals surface area (Å²) in [7, 11) is 0. The molecule has 2 aromatic rings. The number of aliphatic hydroxyl groups excluding tert-OH is 2. The van der Waals surface area contributed by atoms with E-state index in [1.54, 1.807) is 17.8 Å². The minimum absolute atomic E-state index is 0.300. The van der Waals surface area contributed by atoms with E-state index in [1.807, 2.05) is 0 Å². The highest BCUT2D eigenvalue weighted by Gasteiger charge is 2.38. The van der Waals surface area contributed by atoms with Gasteiger partial charge in [0, 0.05) is 6.42 Å². The van der Waals surface area contributed by atoms with E-state index in [-0.39, 0.29) is 0 Å². The molecule has 4 N–H and O–H groups in total. The van der Waals surface area contributed by atoms with E-state index in [2.05, 4.69) is 15.0 Å². The predicted molar refractivity (Wildman–Crippen MR) is 66.0 cm³/mol. The largest absolute Gasteiger partial charge is 0.391 e. The second kappa shape index (κ2) is 4.41. The van der Waals surface area contributed by atoms with Gasteiger partial charge in [0.25, 0.3) is 0 Å². The second-order valence-electron chi connectivity index (χ2n) is 4.68. The van der Waals surface area contributed by atoms with Crippen molar-refractivity contribution < 1.29 is 14.9 Å². The highest BCUT2D eigenvalue weighted by molar-refractivity contribution is 5.81. The normalized spacial score (nSPS) is 28.9. The molecule has 0 aliphatic carbocycles. The first kappa shape index (κ1) is 12.3. The molecule has 19 heavy (non-hydrogen) atoms. The van der Waals surface area contributed by atoms with E-state index in [1.165, 1.54) is 6.33 Å². The lowest BCUT2D eigenvalue weighted by Crippen LogP contribution is -2.32. The molecule has 1 fully saturated rings. The molecule has 8 heteroatoms. The monoisotopic (exact) mass is 265 g/mol. The summed E-state index contributed by atoms with van der Waals surface area (Å²) in [6.07, 6.45) is 0.780. The molecule has 2 aromatic heterocycles. The molecule has 0 amide bonds. The predicted octanol–water partition coefficient (Wildman–Crippen LogP) is -0.562. The van der Waals surface area contributed by atoms with Gasteiger partial charge in [0.15, 0.2) is 11.5 Å². The van der Waals surface area contributed by atoms with Crippen molar-refractivity contribution in [2.24, 2.45) is 0 Å². The van der Waals surface area contributed by atoms with Gasteiger partial charge >= 0.3 is 0 Å². The van der Waals surface area contributed by atoms with Crippen LogP contribution in [0.15, 0.2) is 12.7 Å². The van der Waals surface area contributed by atoms with E-state index >= 15 is 0 Å². The van der Waals surface area contributed by atoms with Crippen molar-refractivity contribution >= 4 is 17.0 Å². The molecule has 0 radical (unpaired) electrons. The molecule has 1 aliphatic heterocycles. The number of anilines is 1. The second-order valence-corrected chi connectivity index (χ2v) is 4.68. The zero-order chi connectivity index (χ0) is 13.6. The lowest BCUT2D eigenvalue weighted by atomic mass is 10.1. The summed E-state index contributed by atoms with van der Waals surface area (Å²) in [6, 6.07) is 0. The molecule has 0 aromatic carbocycles. The van der Waals surface area contributed by atoms with Gasteiger partial charge in [-0.25, -0.2) is 15.0 Å². The lowest BCUT2D eigenvalue weighted by Gasteiger charge is -2.17. The third-order valence-electron chi connectivity index (χ3n) is 3.31. The van der Waals surface area contributed by atoms with Gasteiger partial charge in [-0.1, -0.05) is 0 Å². The standard InChI is InChI=1S/C11H15N5O3/c1-5(17)9-6(18)2-7(19-9)16-4-15-8-10(12)13-3-14-11(8)16/h3-7,9,17-18H,2H2,1H3,(H2,12,13,14)/t5-,6+,7-,9-/m1/s1. The molecular formula is C11H15N5O3. The Kier molecular flexibility index (Phi) is 2.85. The number of rotatable bonds is 2. The zero-order valence-corrected chi connectivity index (χ0v) is 10.3. The van der Waals surface area contributed by atoms with Crippen molar-refractivity contribution in [1.29, 1.82) is 0 Å². The summed E-state index contributed by atoms with van der Waals surface area (Å²) >= 11 is 0. The number of hydrogen-bond acceptors (Lipinski definition) is 7. The summed E-state index contributed by atoms with van der Waals surface area (Å²) in [6.45, 7) is 1.59. The van der Waals surface area contributed by atoms with Crippen LogP contribution in [-0.4, -0.2) is 48.0 Å². The van der Waals surface area contributed by atoms with Crippen LogP contribution in [0.3, 0.4) is 0 Å². The molecule has 3 heterocycles. The lowest BCUT2D eigenvalue weighted by molar-refractivity contribution is -0.0750. The van der Waals surface area contributed by atoms with Gasteiger partial charge in [-0.2, -0.15) is 0 Å². The topological polar surface area (TPSA) is 119 Å². The van der Waals surface area contributed by atoms with Crippen LogP contribution in [0.4, 0.5) is 5.82 Å². The molecule has 0 bridgehead atoms. The first-order chi connectivity index (χ1) is 9.08. The fourth-order valence-corrected chi connectivity index (χ4v) is 2.36. The Balaban J connectivity index is 1.96. The summed E-state index contributed by atoms with van der Waals surface area (Å²) in [5.74, 6) is 0.300. The molecule has 0 saturated carbocycles. The first-order valence-corrected chi connectivity index (χ1v) is 6.02. The Morgan fingerprint density at radius 3 is 2.95 bits per heavy atom. The van der Waals surface area contributed by atoms with Gasteiger partial charge in [-0.15, -0.1) is 0 Å². The Morgan fingerprint density at radius 1 is 1.47 bits per heavy atom. The number of hydrogen-bond donors (Lipinski definition) is 3. The molecule has 1 saturated heterocycles. The van der Waals surface area contributed by atoms with Crippen LogP contribution in [0.1, 0.15) is 19.6 Å². The van der Waals surface area contributed by atoms with E-state index in [9.17, 15) is 10.2 Å². The van der Waals surface area contributed by atoms with Crippen molar-refractivity contribution in [3.05, 3.63) is 12.7 Å². The van der Waals surface area contributed by atoms with Crippen LogP contribution in [0.5, 0.6) is 0 Å². The van der Waals surface area contributed by atoms with E-state index in [4.69, 9.17) is 10.5 Å². The van der Waals surface area contributed by atoms with Crippen molar-refractivity contribution in [3.8, 4) is 0 Å². The molecule has 3 rings (SSSR count). The smallest absolute Gasteiger partial charge is 0.167 e. The maximum atomic E-state index is 9.88. The number of fused-ring (bicyclic) bond motifs is 1. The van der Waals surface area contributed by atoms with Gasteiger partial charge in [0.2, 0.25) is 0 Å². The van der Waals surface area contributed by atoms with Gasteiger partial charge < -0.3 is 20.7 Å².